The lowest BCUT2D eigenvalue weighted by Crippen LogP contribution is -2.38. The summed E-state index contributed by atoms with van der Waals surface area (Å²) in [5.41, 5.74) is 10.1. The number of aromatic nitrogens is 2. The summed E-state index contributed by atoms with van der Waals surface area (Å²) in [6.07, 6.45) is 3.52. The fourth-order valence-corrected chi connectivity index (χ4v) is 4.67. The van der Waals surface area contributed by atoms with Crippen LogP contribution in [0.25, 0.3) is 0 Å². The number of amides is 1. The summed E-state index contributed by atoms with van der Waals surface area (Å²) in [5.74, 6) is 0.725. The predicted octanol–water partition coefficient (Wildman–Crippen LogP) is 5.37. The fourth-order valence-electron chi connectivity index (χ4n) is 4.28. The maximum absolute atomic E-state index is 14.1. The third-order valence-electron chi connectivity index (χ3n) is 6.16. The molecular formula is C28H23Cl2N5O2. The van der Waals surface area contributed by atoms with E-state index in [9.17, 15) is 4.79 Å². The maximum atomic E-state index is 14.1. The van der Waals surface area contributed by atoms with E-state index in [1.807, 2.05) is 48.5 Å². The van der Waals surface area contributed by atoms with Crippen molar-refractivity contribution in [3.8, 4) is 5.75 Å². The van der Waals surface area contributed by atoms with E-state index in [-0.39, 0.29) is 11.9 Å². The standard InChI is InChI=1S/C28H23Cl2N5O2/c1-37-21-9-6-17(7-10-21)16-35-25-11-8-20(29)13-22(25)26(19-14-32-28(31)33-15-19)34-24(27(35)36)12-18-4-2-3-5-23(18)30/h2-11,13-15,24H,12,16H2,1H3,(H2,31,32,33). The minimum absolute atomic E-state index is 0.147. The molecule has 1 unspecified atom stereocenters. The van der Waals surface area contributed by atoms with Gasteiger partial charge in [0, 0.05) is 40.0 Å². The Morgan fingerprint density at radius 1 is 1.00 bits per heavy atom. The second kappa shape index (κ2) is 10.6. The van der Waals surface area contributed by atoms with Crippen LogP contribution in [0.2, 0.25) is 10.0 Å². The molecule has 0 bridgehead atoms. The Bertz CT molecular complexity index is 1470. The molecule has 2 heterocycles. The van der Waals surface area contributed by atoms with Crippen molar-refractivity contribution < 1.29 is 9.53 Å². The number of hydrogen-bond donors (Lipinski definition) is 1. The van der Waals surface area contributed by atoms with E-state index in [1.165, 1.54) is 0 Å². The number of fused-ring (bicyclic) bond motifs is 1. The molecule has 0 saturated heterocycles. The normalized spacial score (nSPS) is 15.1. The molecule has 4 aromatic rings. The van der Waals surface area contributed by atoms with Gasteiger partial charge in [-0.15, -0.1) is 0 Å². The van der Waals surface area contributed by atoms with Crippen LogP contribution in [0.5, 0.6) is 5.75 Å². The molecule has 1 aliphatic rings. The average Bonchev–Trinajstić information content (AvgIpc) is 3.01. The van der Waals surface area contributed by atoms with Crippen LogP contribution in [0.1, 0.15) is 22.3 Å². The molecule has 5 rings (SSSR count). The highest BCUT2D eigenvalue weighted by molar-refractivity contribution is 6.32. The molecule has 0 radical (unpaired) electrons. The number of hydrogen-bond acceptors (Lipinski definition) is 6. The molecule has 0 fully saturated rings. The van der Waals surface area contributed by atoms with Crippen LogP contribution in [0.15, 0.2) is 84.1 Å². The molecule has 7 nitrogen and oxygen atoms in total. The van der Waals surface area contributed by atoms with Gasteiger partial charge in [-0.25, -0.2) is 9.97 Å². The Morgan fingerprint density at radius 2 is 1.73 bits per heavy atom. The molecule has 1 aliphatic heterocycles. The van der Waals surface area contributed by atoms with Gasteiger partial charge < -0.3 is 15.4 Å². The average molecular weight is 532 g/mol. The highest BCUT2D eigenvalue weighted by Crippen LogP contribution is 2.33. The van der Waals surface area contributed by atoms with Gasteiger partial charge in [0.25, 0.3) is 5.91 Å². The van der Waals surface area contributed by atoms with Crippen LogP contribution in [0.3, 0.4) is 0 Å². The zero-order valence-corrected chi connectivity index (χ0v) is 21.4. The molecule has 1 atom stereocenters. The van der Waals surface area contributed by atoms with Crippen LogP contribution in [0.4, 0.5) is 11.6 Å². The minimum Gasteiger partial charge on any atom is -0.497 e. The van der Waals surface area contributed by atoms with E-state index in [4.69, 9.17) is 38.7 Å². The number of nitrogens with two attached hydrogens (primary N) is 1. The lowest BCUT2D eigenvalue weighted by molar-refractivity contribution is -0.119. The third-order valence-corrected chi connectivity index (χ3v) is 6.76. The number of carbonyl (C=O) groups is 1. The zero-order valence-electron chi connectivity index (χ0n) is 19.9. The summed E-state index contributed by atoms with van der Waals surface area (Å²) < 4.78 is 5.29. The monoisotopic (exact) mass is 531 g/mol. The summed E-state index contributed by atoms with van der Waals surface area (Å²) in [7, 11) is 1.62. The molecule has 0 saturated carbocycles. The van der Waals surface area contributed by atoms with Gasteiger partial charge in [-0.3, -0.25) is 9.79 Å². The smallest absolute Gasteiger partial charge is 0.252 e. The van der Waals surface area contributed by atoms with Crippen molar-refractivity contribution in [3.63, 3.8) is 0 Å². The van der Waals surface area contributed by atoms with Crippen LogP contribution in [-0.4, -0.2) is 34.7 Å². The number of nitrogens with zero attached hydrogens (tertiary/aromatic N) is 4. The van der Waals surface area contributed by atoms with E-state index < -0.39 is 6.04 Å². The van der Waals surface area contributed by atoms with Gasteiger partial charge in [-0.2, -0.15) is 0 Å². The van der Waals surface area contributed by atoms with Crippen molar-refractivity contribution in [2.45, 2.75) is 19.0 Å². The SMILES string of the molecule is COc1ccc(CN2C(=O)C(Cc3ccccc3Cl)N=C(c3cnc(N)nc3)c3cc(Cl)ccc32)cc1. The molecule has 186 valence electrons. The van der Waals surface area contributed by atoms with Gasteiger partial charge in [0.15, 0.2) is 0 Å². The summed E-state index contributed by atoms with van der Waals surface area (Å²) in [6, 6.07) is 19.7. The van der Waals surface area contributed by atoms with E-state index in [2.05, 4.69) is 9.97 Å². The molecular weight excluding hydrogens is 509 g/mol. The molecule has 1 aromatic heterocycles. The van der Waals surface area contributed by atoms with Crippen LogP contribution in [0, 0.1) is 0 Å². The number of carbonyl (C=O) groups excluding carboxylic acids is 1. The number of benzene rings is 3. The maximum Gasteiger partial charge on any atom is 0.252 e. The number of nitrogen functional groups attached to an aromatic ring is 1. The number of methoxy groups -OCH3 is 1. The van der Waals surface area contributed by atoms with Gasteiger partial charge in [-0.05, 0) is 47.5 Å². The second-order valence-electron chi connectivity index (χ2n) is 8.55. The Balaban J connectivity index is 1.66. The van der Waals surface area contributed by atoms with Crippen molar-refractivity contribution in [3.05, 3.63) is 111 Å². The number of rotatable bonds is 6. The Labute approximate surface area is 224 Å². The van der Waals surface area contributed by atoms with Gasteiger partial charge in [-0.1, -0.05) is 53.5 Å². The van der Waals surface area contributed by atoms with Crippen molar-refractivity contribution in [2.24, 2.45) is 4.99 Å². The first-order valence-electron chi connectivity index (χ1n) is 11.6. The van der Waals surface area contributed by atoms with E-state index in [1.54, 1.807) is 42.6 Å². The largest absolute Gasteiger partial charge is 0.497 e. The highest BCUT2D eigenvalue weighted by Gasteiger charge is 2.33. The minimum atomic E-state index is -0.753. The summed E-state index contributed by atoms with van der Waals surface area (Å²) in [6.45, 7) is 0.331. The highest BCUT2D eigenvalue weighted by atomic mass is 35.5. The van der Waals surface area contributed by atoms with Crippen LogP contribution < -0.4 is 15.4 Å². The first-order valence-corrected chi connectivity index (χ1v) is 12.3. The lowest BCUT2D eigenvalue weighted by atomic mass is 10.0. The lowest BCUT2D eigenvalue weighted by Gasteiger charge is -2.26. The molecule has 0 spiro atoms. The van der Waals surface area contributed by atoms with Crippen molar-refractivity contribution in [2.75, 3.05) is 17.7 Å². The number of halogens is 2. The summed E-state index contributed by atoms with van der Waals surface area (Å²) in [4.78, 5) is 29.1. The van der Waals surface area contributed by atoms with Crippen molar-refractivity contribution >= 4 is 46.5 Å². The van der Waals surface area contributed by atoms with E-state index >= 15 is 0 Å². The van der Waals surface area contributed by atoms with E-state index in [0.29, 0.717) is 45.5 Å². The molecule has 1 amide bonds. The first-order chi connectivity index (χ1) is 17.9. The zero-order chi connectivity index (χ0) is 25.9. The fraction of sp³-hybridized carbons (Fsp3) is 0.143. The molecule has 0 aliphatic carbocycles. The number of ether oxygens (including phenoxy) is 1. The third kappa shape index (κ3) is 5.28. The Hall–Kier alpha value is -3.94. The first kappa shape index (κ1) is 24.7. The Kier molecular flexibility index (Phi) is 7.08. The molecule has 3 aromatic carbocycles. The van der Waals surface area contributed by atoms with Gasteiger partial charge >= 0.3 is 0 Å². The quantitative estimate of drug-likeness (QED) is 0.361. The second-order valence-corrected chi connectivity index (χ2v) is 9.40. The van der Waals surface area contributed by atoms with Crippen LogP contribution in [-0.2, 0) is 17.8 Å². The van der Waals surface area contributed by atoms with Crippen molar-refractivity contribution in [1.82, 2.24) is 9.97 Å². The molecule has 37 heavy (non-hydrogen) atoms. The van der Waals surface area contributed by atoms with E-state index in [0.717, 1.165) is 16.9 Å². The summed E-state index contributed by atoms with van der Waals surface area (Å²) in [5, 5.41) is 1.10. The molecule has 9 heteroatoms. The Morgan fingerprint density at radius 3 is 2.43 bits per heavy atom. The van der Waals surface area contributed by atoms with Crippen LogP contribution >= 0.6 is 23.2 Å². The van der Waals surface area contributed by atoms with Gasteiger partial charge in [0.2, 0.25) is 5.95 Å². The number of anilines is 2. The van der Waals surface area contributed by atoms with Crippen molar-refractivity contribution in [1.29, 1.82) is 0 Å². The predicted molar refractivity (Wildman–Crippen MR) is 147 cm³/mol. The number of aliphatic imine (C=N–C) groups is 1. The van der Waals surface area contributed by atoms with Gasteiger partial charge in [0.05, 0.1) is 25.1 Å². The number of benzodiazepines with no additional fused rings is 1. The molecule has 2 N–H and O–H groups in total. The topological polar surface area (TPSA) is 93.7 Å². The summed E-state index contributed by atoms with van der Waals surface area (Å²) >= 11 is 12.9. The van der Waals surface area contributed by atoms with Gasteiger partial charge in [0.1, 0.15) is 11.8 Å².